The van der Waals surface area contributed by atoms with Crippen molar-refractivity contribution in [3.63, 3.8) is 0 Å². The summed E-state index contributed by atoms with van der Waals surface area (Å²) in [5, 5.41) is 3.43. The molecular weight excluding hydrogens is 363 g/mol. The summed E-state index contributed by atoms with van der Waals surface area (Å²) in [7, 11) is 0. The first-order valence-corrected chi connectivity index (χ1v) is 8.54. The van der Waals surface area contributed by atoms with Gasteiger partial charge in [0.05, 0.1) is 13.2 Å². The number of morpholine rings is 1. The average molecular weight is 389 g/mol. The summed E-state index contributed by atoms with van der Waals surface area (Å²) in [4.78, 5) is 21.8. The molecule has 1 aromatic rings. The number of fused-ring (bicyclic) bond motifs is 1. The lowest BCUT2D eigenvalue weighted by molar-refractivity contribution is -0.138. The molecule has 1 aromatic heterocycles. The minimum atomic E-state index is -0.223. The zero-order valence-electron chi connectivity index (χ0n) is 14.2. The SMILES string of the molecule is Cl.Cl.O=C(C(c1cccnc1)N1CCOCC1)N1C[C@H]2CNC[C@H]2C1. The van der Waals surface area contributed by atoms with E-state index in [9.17, 15) is 4.79 Å². The fourth-order valence-electron chi connectivity index (χ4n) is 4.09. The van der Waals surface area contributed by atoms with Crippen molar-refractivity contribution < 1.29 is 9.53 Å². The number of hydrogen-bond donors (Lipinski definition) is 1. The van der Waals surface area contributed by atoms with Gasteiger partial charge in [0.1, 0.15) is 6.04 Å². The second kappa shape index (κ2) is 9.14. The van der Waals surface area contributed by atoms with Gasteiger partial charge >= 0.3 is 0 Å². The zero-order valence-corrected chi connectivity index (χ0v) is 15.8. The molecule has 3 saturated heterocycles. The molecule has 4 rings (SSSR count). The van der Waals surface area contributed by atoms with Crippen LogP contribution in [0, 0.1) is 11.8 Å². The second-order valence-corrected chi connectivity index (χ2v) is 6.76. The van der Waals surface area contributed by atoms with Crippen LogP contribution in [0.4, 0.5) is 0 Å². The number of carbonyl (C=O) groups excluding carboxylic acids is 1. The van der Waals surface area contributed by atoms with Crippen LogP contribution in [0.1, 0.15) is 11.6 Å². The van der Waals surface area contributed by atoms with Crippen molar-refractivity contribution in [2.75, 3.05) is 52.5 Å². The molecule has 0 aliphatic carbocycles. The van der Waals surface area contributed by atoms with Crippen LogP contribution in [0.5, 0.6) is 0 Å². The summed E-state index contributed by atoms with van der Waals surface area (Å²) in [6.07, 6.45) is 3.59. The van der Waals surface area contributed by atoms with E-state index in [2.05, 4.69) is 20.1 Å². The van der Waals surface area contributed by atoms with E-state index >= 15 is 0 Å². The molecule has 25 heavy (non-hydrogen) atoms. The third-order valence-corrected chi connectivity index (χ3v) is 5.35. The molecule has 0 radical (unpaired) electrons. The maximum atomic E-state index is 13.3. The molecule has 0 spiro atoms. The van der Waals surface area contributed by atoms with Gasteiger partial charge in [0.2, 0.25) is 5.91 Å². The molecule has 1 N–H and O–H groups in total. The average Bonchev–Trinajstić information content (AvgIpc) is 3.19. The van der Waals surface area contributed by atoms with Gasteiger partial charge < -0.3 is 15.0 Å². The van der Waals surface area contributed by atoms with Crippen LogP contribution in [0.25, 0.3) is 0 Å². The number of pyridine rings is 1. The molecule has 3 fully saturated rings. The minimum absolute atomic E-state index is 0. The zero-order chi connectivity index (χ0) is 15.6. The molecule has 3 atom stereocenters. The Balaban J connectivity index is 0.00000113. The molecule has 8 heteroatoms. The normalized spacial score (nSPS) is 27.1. The van der Waals surface area contributed by atoms with Crippen molar-refractivity contribution in [2.45, 2.75) is 6.04 Å². The first-order valence-electron chi connectivity index (χ1n) is 8.54. The van der Waals surface area contributed by atoms with Crippen LogP contribution in [0.2, 0.25) is 0 Å². The predicted octanol–water partition coefficient (Wildman–Crippen LogP) is 0.976. The lowest BCUT2D eigenvalue weighted by Gasteiger charge is -2.35. The summed E-state index contributed by atoms with van der Waals surface area (Å²) < 4.78 is 5.46. The molecule has 1 unspecified atom stereocenters. The first-order chi connectivity index (χ1) is 11.3. The monoisotopic (exact) mass is 388 g/mol. The standard InChI is InChI=1S/C17H24N4O2.2ClH/c22-17(21-11-14-9-19-10-15(14)12-21)16(13-2-1-3-18-8-13)20-4-6-23-7-5-20;;/h1-3,8,14-16,19H,4-7,9-12H2;2*1H/t14-,15+,16?;;. The summed E-state index contributed by atoms with van der Waals surface area (Å²) >= 11 is 0. The number of rotatable bonds is 3. The summed E-state index contributed by atoms with van der Waals surface area (Å²) in [6, 6.07) is 3.71. The lowest BCUT2D eigenvalue weighted by atomic mass is 10.0. The van der Waals surface area contributed by atoms with Crippen molar-refractivity contribution in [3.05, 3.63) is 30.1 Å². The van der Waals surface area contributed by atoms with Gasteiger partial charge in [-0.05, 0) is 23.5 Å². The highest BCUT2D eigenvalue weighted by Gasteiger charge is 2.41. The Kier molecular flexibility index (Phi) is 7.46. The molecular formula is C17H26Cl2N4O2. The number of nitrogens with zero attached hydrogens (tertiary/aromatic N) is 3. The van der Waals surface area contributed by atoms with Gasteiger partial charge in [0.25, 0.3) is 0 Å². The molecule has 0 bridgehead atoms. The van der Waals surface area contributed by atoms with Gasteiger partial charge in [-0.2, -0.15) is 0 Å². The lowest BCUT2D eigenvalue weighted by Crippen LogP contribution is -2.47. The highest BCUT2D eigenvalue weighted by Crippen LogP contribution is 2.31. The van der Waals surface area contributed by atoms with Gasteiger partial charge in [-0.1, -0.05) is 6.07 Å². The number of halogens is 2. The number of aromatic nitrogens is 1. The Morgan fingerprint density at radius 1 is 1.20 bits per heavy atom. The maximum absolute atomic E-state index is 13.3. The largest absolute Gasteiger partial charge is 0.379 e. The van der Waals surface area contributed by atoms with Crippen molar-refractivity contribution in [2.24, 2.45) is 11.8 Å². The number of hydrogen-bond acceptors (Lipinski definition) is 5. The predicted molar refractivity (Wildman–Crippen MR) is 100 cm³/mol. The van der Waals surface area contributed by atoms with Crippen molar-refractivity contribution >= 4 is 30.7 Å². The topological polar surface area (TPSA) is 57.7 Å². The highest BCUT2D eigenvalue weighted by molar-refractivity contribution is 5.85. The third kappa shape index (κ3) is 4.26. The fraction of sp³-hybridized carbons (Fsp3) is 0.647. The van der Waals surface area contributed by atoms with Crippen LogP contribution in [-0.2, 0) is 9.53 Å². The Labute approximate surface area is 161 Å². The van der Waals surface area contributed by atoms with Crippen molar-refractivity contribution in [1.82, 2.24) is 20.1 Å². The van der Waals surface area contributed by atoms with E-state index in [0.29, 0.717) is 25.0 Å². The molecule has 6 nitrogen and oxygen atoms in total. The number of carbonyl (C=O) groups is 1. The van der Waals surface area contributed by atoms with Gasteiger partial charge in [-0.3, -0.25) is 14.7 Å². The summed E-state index contributed by atoms with van der Waals surface area (Å²) in [5.41, 5.74) is 0.995. The van der Waals surface area contributed by atoms with Crippen molar-refractivity contribution in [1.29, 1.82) is 0 Å². The van der Waals surface area contributed by atoms with Crippen molar-refractivity contribution in [3.8, 4) is 0 Å². The third-order valence-electron chi connectivity index (χ3n) is 5.35. The smallest absolute Gasteiger partial charge is 0.244 e. The summed E-state index contributed by atoms with van der Waals surface area (Å²) in [5.74, 6) is 1.48. The van der Waals surface area contributed by atoms with Crippen LogP contribution in [0.15, 0.2) is 24.5 Å². The first kappa shape index (κ1) is 20.4. The quantitative estimate of drug-likeness (QED) is 0.835. The molecule has 0 aromatic carbocycles. The van der Waals surface area contributed by atoms with E-state index in [1.54, 1.807) is 6.20 Å². The van der Waals surface area contributed by atoms with E-state index in [-0.39, 0.29) is 36.8 Å². The Bertz CT molecular complexity index is 545. The number of ether oxygens (including phenoxy) is 1. The molecule has 3 aliphatic rings. The van der Waals surface area contributed by atoms with Gasteiger partial charge in [0.15, 0.2) is 0 Å². The van der Waals surface area contributed by atoms with Gasteiger partial charge in [-0.15, -0.1) is 24.8 Å². The molecule has 3 aliphatic heterocycles. The summed E-state index contributed by atoms with van der Waals surface area (Å²) in [6.45, 7) is 6.85. The number of likely N-dealkylation sites (tertiary alicyclic amines) is 1. The molecule has 1 amide bonds. The van der Waals surface area contributed by atoms with E-state index < -0.39 is 0 Å². The van der Waals surface area contributed by atoms with E-state index in [1.165, 1.54) is 0 Å². The van der Waals surface area contributed by atoms with Crippen LogP contribution in [0.3, 0.4) is 0 Å². The molecule has 0 saturated carbocycles. The van der Waals surface area contributed by atoms with Gasteiger partial charge in [-0.25, -0.2) is 0 Å². The van der Waals surface area contributed by atoms with E-state index in [4.69, 9.17) is 4.74 Å². The fourth-order valence-corrected chi connectivity index (χ4v) is 4.09. The minimum Gasteiger partial charge on any atom is -0.379 e. The van der Waals surface area contributed by atoms with E-state index in [0.717, 1.165) is 44.8 Å². The second-order valence-electron chi connectivity index (χ2n) is 6.76. The molecule has 140 valence electrons. The molecule has 4 heterocycles. The van der Waals surface area contributed by atoms with Crippen LogP contribution >= 0.6 is 24.8 Å². The van der Waals surface area contributed by atoms with Gasteiger partial charge in [0, 0.05) is 51.7 Å². The number of amides is 1. The van der Waals surface area contributed by atoms with Crippen LogP contribution < -0.4 is 5.32 Å². The Hall–Kier alpha value is -0.920. The Morgan fingerprint density at radius 3 is 2.48 bits per heavy atom. The van der Waals surface area contributed by atoms with Crippen LogP contribution in [-0.4, -0.2) is 73.2 Å². The maximum Gasteiger partial charge on any atom is 0.244 e. The number of nitrogens with one attached hydrogen (secondary N) is 1. The van der Waals surface area contributed by atoms with E-state index in [1.807, 2.05) is 18.3 Å². The Morgan fingerprint density at radius 2 is 1.88 bits per heavy atom. The highest BCUT2D eigenvalue weighted by atomic mass is 35.5.